The third-order valence-electron chi connectivity index (χ3n) is 7.56. The number of nitrogens with one attached hydrogen (secondary N) is 2. The van der Waals surface area contributed by atoms with Gasteiger partial charge in [0.15, 0.2) is 27.3 Å². The number of rotatable bonds is 9. The molecule has 216 valence electrons. The molecular weight excluding hydrogens is 577 g/mol. The molecule has 3 fully saturated rings. The molecule has 3 atom stereocenters. The molecule has 15 heteroatoms. The predicted molar refractivity (Wildman–Crippen MR) is 137 cm³/mol. The van der Waals surface area contributed by atoms with Gasteiger partial charge in [0.25, 0.3) is 5.91 Å². The van der Waals surface area contributed by atoms with Gasteiger partial charge in [0, 0.05) is 29.9 Å². The SMILES string of the molecule is NC(=O)C[C@H](N)C(=O)NC[C@]1(O)C2CC1C[C@@H](S(=O)(=O)c1cc(C(=O)Nc3cc(F)c(F)c(F)c3)ccc1Cl)C2. The summed E-state index contributed by atoms with van der Waals surface area (Å²) >= 11 is 6.18. The van der Waals surface area contributed by atoms with Gasteiger partial charge in [-0.2, -0.15) is 0 Å². The number of primary amides is 1. The number of benzene rings is 2. The van der Waals surface area contributed by atoms with Crippen LogP contribution in [0.25, 0.3) is 0 Å². The lowest BCUT2D eigenvalue weighted by atomic mass is 9.53. The maximum atomic E-state index is 13.5. The number of carbonyl (C=O) groups is 3. The zero-order chi connectivity index (χ0) is 29.6. The lowest BCUT2D eigenvalue weighted by molar-refractivity contribution is -0.174. The summed E-state index contributed by atoms with van der Waals surface area (Å²) in [6, 6.07) is 3.42. The van der Waals surface area contributed by atoms with Crippen molar-refractivity contribution in [1.29, 1.82) is 0 Å². The number of hydrogen-bond acceptors (Lipinski definition) is 7. The molecule has 3 aliphatic carbocycles. The lowest BCUT2D eigenvalue weighted by Crippen LogP contribution is -2.66. The van der Waals surface area contributed by atoms with E-state index in [-0.39, 0.29) is 47.0 Å². The van der Waals surface area contributed by atoms with Gasteiger partial charge in [-0.05, 0) is 49.3 Å². The molecule has 10 nitrogen and oxygen atoms in total. The van der Waals surface area contributed by atoms with Crippen molar-refractivity contribution in [3.8, 4) is 0 Å². The largest absolute Gasteiger partial charge is 0.387 e. The zero-order valence-electron chi connectivity index (χ0n) is 20.8. The number of fused-ring (bicyclic) bond motifs is 2. The van der Waals surface area contributed by atoms with Crippen molar-refractivity contribution in [2.24, 2.45) is 23.3 Å². The van der Waals surface area contributed by atoms with Gasteiger partial charge in [-0.3, -0.25) is 14.4 Å². The minimum absolute atomic E-state index is 0.0550. The van der Waals surface area contributed by atoms with E-state index in [9.17, 15) is 41.1 Å². The Morgan fingerprint density at radius 2 is 1.68 bits per heavy atom. The summed E-state index contributed by atoms with van der Waals surface area (Å²) in [5.74, 6) is -8.01. The van der Waals surface area contributed by atoms with Crippen LogP contribution in [-0.2, 0) is 19.4 Å². The minimum atomic E-state index is -4.10. The van der Waals surface area contributed by atoms with Gasteiger partial charge in [-0.1, -0.05) is 11.6 Å². The van der Waals surface area contributed by atoms with Crippen LogP contribution in [0.2, 0.25) is 5.02 Å². The lowest BCUT2D eigenvalue weighted by Gasteiger charge is -2.58. The third-order valence-corrected chi connectivity index (χ3v) is 10.2. The Balaban J connectivity index is 1.46. The summed E-state index contributed by atoms with van der Waals surface area (Å²) in [4.78, 5) is 35.4. The van der Waals surface area contributed by atoms with Crippen molar-refractivity contribution in [2.45, 2.75) is 47.5 Å². The molecule has 0 spiro atoms. The summed E-state index contributed by atoms with van der Waals surface area (Å²) in [7, 11) is -4.10. The molecule has 5 rings (SSSR count). The fraction of sp³-hybridized carbons (Fsp3) is 0.400. The molecule has 2 aromatic carbocycles. The molecule has 0 aliphatic heterocycles. The molecule has 0 saturated heterocycles. The van der Waals surface area contributed by atoms with E-state index in [1.165, 1.54) is 12.1 Å². The Bertz CT molecular complexity index is 1460. The summed E-state index contributed by atoms with van der Waals surface area (Å²) in [6.07, 6.45) is 0.276. The summed E-state index contributed by atoms with van der Waals surface area (Å²) in [5.41, 5.74) is 8.73. The number of hydrogen-bond donors (Lipinski definition) is 5. The number of carbonyl (C=O) groups excluding carboxylic acids is 3. The topological polar surface area (TPSA) is 182 Å². The van der Waals surface area contributed by atoms with E-state index >= 15 is 0 Å². The average molecular weight is 603 g/mol. The fourth-order valence-corrected chi connectivity index (χ4v) is 7.74. The molecule has 3 aliphatic rings. The maximum absolute atomic E-state index is 13.5. The van der Waals surface area contributed by atoms with Crippen molar-refractivity contribution < 1.29 is 41.1 Å². The van der Waals surface area contributed by atoms with Crippen LogP contribution in [0, 0.1) is 29.3 Å². The highest BCUT2D eigenvalue weighted by atomic mass is 35.5. The summed E-state index contributed by atoms with van der Waals surface area (Å²) in [6.45, 7) is -0.179. The van der Waals surface area contributed by atoms with E-state index in [1.54, 1.807) is 0 Å². The third kappa shape index (κ3) is 5.66. The maximum Gasteiger partial charge on any atom is 0.255 e. The Kier molecular flexibility index (Phi) is 8.18. The van der Waals surface area contributed by atoms with Gasteiger partial charge >= 0.3 is 0 Å². The van der Waals surface area contributed by atoms with Crippen LogP contribution in [0.3, 0.4) is 0 Å². The molecule has 2 aromatic rings. The van der Waals surface area contributed by atoms with Crippen LogP contribution < -0.4 is 22.1 Å². The Morgan fingerprint density at radius 3 is 2.25 bits per heavy atom. The number of halogens is 4. The molecule has 40 heavy (non-hydrogen) atoms. The van der Waals surface area contributed by atoms with E-state index in [1.807, 2.05) is 0 Å². The Labute approximate surface area is 232 Å². The summed E-state index contributed by atoms with van der Waals surface area (Å²) < 4.78 is 67.3. The number of sulfone groups is 1. The zero-order valence-corrected chi connectivity index (χ0v) is 22.4. The van der Waals surface area contributed by atoms with Gasteiger partial charge in [-0.25, -0.2) is 21.6 Å². The van der Waals surface area contributed by atoms with Crippen LogP contribution in [0.1, 0.15) is 36.0 Å². The van der Waals surface area contributed by atoms with Crippen molar-refractivity contribution >= 4 is 44.8 Å². The molecular formula is C25H26ClF3N4O6S. The molecule has 0 aromatic heterocycles. The van der Waals surface area contributed by atoms with Crippen LogP contribution in [0.4, 0.5) is 18.9 Å². The van der Waals surface area contributed by atoms with Crippen molar-refractivity contribution in [2.75, 3.05) is 11.9 Å². The van der Waals surface area contributed by atoms with Crippen molar-refractivity contribution in [3.05, 3.63) is 58.4 Å². The summed E-state index contributed by atoms with van der Waals surface area (Å²) in [5, 5.41) is 14.7. The second-order valence-corrected chi connectivity index (χ2v) is 12.7. The molecule has 3 saturated carbocycles. The van der Waals surface area contributed by atoms with Gasteiger partial charge in [0.2, 0.25) is 11.8 Å². The van der Waals surface area contributed by atoms with Gasteiger partial charge < -0.3 is 27.2 Å². The molecule has 0 radical (unpaired) electrons. The second kappa shape index (κ2) is 11.0. The van der Waals surface area contributed by atoms with E-state index in [2.05, 4.69) is 10.6 Å². The first-order chi connectivity index (χ1) is 18.6. The van der Waals surface area contributed by atoms with Crippen LogP contribution >= 0.6 is 11.6 Å². The first-order valence-corrected chi connectivity index (χ1v) is 14.1. The molecule has 0 heterocycles. The van der Waals surface area contributed by atoms with Crippen LogP contribution in [0.5, 0.6) is 0 Å². The number of amides is 3. The van der Waals surface area contributed by atoms with E-state index < -0.39 is 73.7 Å². The van der Waals surface area contributed by atoms with Gasteiger partial charge in [0.05, 0.1) is 33.2 Å². The Hall–Kier alpha value is -3.20. The number of anilines is 1. The van der Waals surface area contributed by atoms with E-state index in [4.69, 9.17) is 23.1 Å². The first kappa shape index (κ1) is 29.8. The Morgan fingerprint density at radius 1 is 1.07 bits per heavy atom. The monoisotopic (exact) mass is 602 g/mol. The van der Waals surface area contributed by atoms with E-state index in [0.29, 0.717) is 18.6 Å². The van der Waals surface area contributed by atoms with Crippen LogP contribution in [-0.4, -0.2) is 54.7 Å². The highest BCUT2D eigenvalue weighted by Gasteiger charge is 2.60. The smallest absolute Gasteiger partial charge is 0.255 e. The molecule has 3 amide bonds. The highest BCUT2D eigenvalue weighted by molar-refractivity contribution is 7.92. The van der Waals surface area contributed by atoms with Gasteiger partial charge in [-0.15, -0.1) is 0 Å². The van der Waals surface area contributed by atoms with Crippen molar-refractivity contribution in [1.82, 2.24) is 5.32 Å². The fourth-order valence-electron chi connectivity index (χ4n) is 5.34. The minimum Gasteiger partial charge on any atom is -0.387 e. The molecule has 2 bridgehead atoms. The van der Waals surface area contributed by atoms with Crippen molar-refractivity contribution in [3.63, 3.8) is 0 Å². The average Bonchev–Trinajstić information content (AvgIpc) is 2.89. The predicted octanol–water partition coefficient (Wildman–Crippen LogP) is 1.63. The van der Waals surface area contributed by atoms with Crippen LogP contribution in [0.15, 0.2) is 35.2 Å². The normalized spacial score (nSPS) is 24.5. The first-order valence-electron chi connectivity index (χ1n) is 12.2. The highest BCUT2D eigenvalue weighted by Crippen LogP contribution is 2.55. The van der Waals surface area contributed by atoms with Gasteiger partial charge in [0.1, 0.15) is 0 Å². The van der Waals surface area contributed by atoms with E-state index in [0.717, 1.165) is 6.07 Å². The standard InChI is InChI=1S/C25H26ClF3N4O6S/c26-16-2-1-11(23(35)33-14-7-17(27)22(29)18(28)8-14)3-20(16)40(38,39)15-5-12-4-13(6-15)25(12,37)10-32-24(36)19(30)9-21(31)34/h1-3,7-8,12-13,15,19,37H,4-6,9-10,30H2,(H2,31,34)(H,32,36)(H,33,35)/t12?,13?,15-,19-,25-/m0/s1. The second-order valence-electron chi connectivity index (χ2n) is 10.1. The number of aliphatic hydroxyl groups is 1. The quantitative estimate of drug-likeness (QED) is 0.270. The molecule has 2 unspecified atom stereocenters. The number of nitrogens with two attached hydrogens (primary N) is 2. The molecule has 7 N–H and O–H groups in total.